The van der Waals surface area contributed by atoms with Crippen LogP contribution < -0.4 is 5.32 Å². The van der Waals surface area contributed by atoms with Gasteiger partial charge in [0, 0.05) is 12.7 Å². The maximum absolute atomic E-state index is 5.88. The third kappa shape index (κ3) is 3.33. The van der Waals surface area contributed by atoms with Gasteiger partial charge in [-0.15, -0.1) is 5.10 Å². The molecule has 92 valence electrons. The number of nitrogens with one attached hydrogen (secondary N) is 1. The number of hydrogen-bond acceptors (Lipinski definition) is 3. The fourth-order valence-corrected chi connectivity index (χ4v) is 1.64. The van der Waals surface area contributed by atoms with E-state index in [1.54, 1.807) is 10.7 Å². The van der Waals surface area contributed by atoms with Crippen molar-refractivity contribution in [2.75, 3.05) is 11.9 Å². The average Bonchev–Trinajstić information content (AvgIpc) is 2.57. The normalized spacial score (nSPS) is 12.0. The van der Waals surface area contributed by atoms with Gasteiger partial charge in [-0.05, 0) is 24.0 Å². The third-order valence-corrected chi connectivity index (χ3v) is 2.68. The van der Waals surface area contributed by atoms with E-state index in [9.17, 15) is 0 Å². The van der Waals surface area contributed by atoms with Gasteiger partial charge >= 0.3 is 0 Å². The van der Waals surface area contributed by atoms with Crippen molar-refractivity contribution >= 4 is 23.2 Å². The van der Waals surface area contributed by atoms with E-state index in [0.717, 1.165) is 18.6 Å². The fourth-order valence-electron chi connectivity index (χ4n) is 1.48. The summed E-state index contributed by atoms with van der Waals surface area (Å²) in [7, 11) is 0. The van der Waals surface area contributed by atoms with Crippen LogP contribution in [0.3, 0.4) is 0 Å². The first-order chi connectivity index (χ1) is 7.94. The summed E-state index contributed by atoms with van der Waals surface area (Å²) in [4.78, 5) is 4.36. The molecule has 0 saturated heterocycles. The van der Waals surface area contributed by atoms with Crippen LogP contribution in [0, 0.1) is 5.41 Å². The van der Waals surface area contributed by atoms with E-state index < -0.39 is 0 Å². The van der Waals surface area contributed by atoms with Crippen LogP contribution in [0.1, 0.15) is 27.2 Å². The van der Waals surface area contributed by atoms with Crippen LogP contribution in [0.15, 0.2) is 18.3 Å². The van der Waals surface area contributed by atoms with Gasteiger partial charge in [0.25, 0.3) is 0 Å². The van der Waals surface area contributed by atoms with Gasteiger partial charge in [0.15, 0.2) is 5.65 Å². The first kappa shape index (κ1) is 12.2. The lowest BCUT2D eigenvalue weighted by Crippen LogP contribution is -2.13. The molecule has 0 radical (unpaired) electrons. The topological polar surface area (TPSA) is 42.2 Å². The van der Waals surface area contributed by atoms with E-state index in [4.69, 9.17) is 11.6 Å². The number of anilines is 1. The number of aromatic nitrogens is 3. The van der Waals surface area contributed by atoms with Crippen molar-refractivity contribution in [2.24, 2.45) is 5.41 Å². The van der Waals surface area contributed by atoms with Crippen molar-refractivity contribution in [1.29, 1.82) is 0 Å². The van der Waals surface area contributed by atoms with E-state index in [2.05, 4.69) is 36.2 Å². The largest absolute Gasteiger partial charge is 0.353 e. The minimum atomic E-state index is 0.315. The predicted octanol–water partition coefficient (Wildman–Crippen LogP) is 3.23. The van der Waals surface area contributed by atoms with Crippen molar-refractivity contribution in [3.05, 3.63) is 23.4 Å². The Kier molecular flexibility index (Phi) is 3.24. The summed E-state index contributed by atoms with van der Waals surface area (Å²) in [5, 5.41) is 8.18. The molecule has 2 aromatic rings. The summed E-state index contributed by atoms with van der Waals surface area (Å²) in [6.45, 7) is 7.51. The number of pyridine rings is 1. The molecule has 0 unspecified atom stereocenters. The van der Waals surface area contributed by atoms with Gasteiger partial charge in [0.1, 0.15) is 0 Å². The molecule has 2 aromatic heterocycles. The molecular weight excluding hydrogens is 236 g/mol. The molecule has 0 fully saturated rings. The van der Waals surface area contributed by atoms with Crippen LogP contribution >= 0.6 is 11.6 Å². The van der Waals surface area contributed by atoms with Gasteiger partial charge < -0.3 is 5.32 Å². The Morgan fingerprint density at radius 3 is 2.82 bits per heavy atom. The zero-order chi connectivity index (χ0) is 12.5. The molecule has 0 aromatic carbocycles. The molecule has 0 aliphatic rings. The van der Waals surface area contributed by atoms with Crippen molar-refractivity contribution in [3.8, 4) is 0 Å². The van der Waals surface area contributed by atoms with Gasteiger partial charge in [-0.3, -0.25) is 0 Å². The highest BCUT2D eigenvalue weighted by Crippen LogP contribution is 2.18. The first-order valence-corrected chi connectivity index (χ1v) is 6.08. The number of rotatable bonds is 3. The zero-order valence-corrected chi connectivity index (χ0v) is 11.1. The number of halogens is 1. The fraction of sp³-hybridized carbons (Fsp3) is 0.500. The molecule has 2 rings (SSSR count). The highest BCUT2D eigenvalue weighted by Gasteiger charge is 2.10. The van der Waals surface area contributed by atoms with Crippen molar-refractivity contribution in [1.82, 2.24) is 14.6 Å². The summed E-state index contributed by atoms with van der Waals surface area (Å²) in [5.74, 6) is 0.650. The van der Waals surface area contributed by atoms with E-state index in [-0.39, 0.29) is 0 Å². The molecule has 2 heterocycles. The van der Waals surface area contributed by atoms with Crippen LogP contribution in [0.4, 0.5) is 5.95 Å². The van der Waals surface area contributed by atoms with E-state index in [0.29, 0.717) is 16.4 Å². The quantitative estimate of drug-likeness (QED) is 0.912. The Morgan fingerprint density at radius 2 is 2.12 bits per heavy atom. The molecule has 0 saturated carbocycles. The van der Waals surface area contributed by atoms with Crippen LogP contribution in [0.25, 0.3) is 5.65 Å². The highest BCUT2D eigenvalue weighted by atomic mass is 35.5. The zero-order valence-electron chi connectivity index (χ0n) is 10.4. The van der Waals surface area contributed by atoms with Gasteiger partial charge in [0.05, 0.1) is 5.02 Å². The maximum atomic E-state index is 5.88. The maximum Gasteiger partial charge on any atom is 0.243 e. The van der Waals surface area contributed by atoms with Gasteiger partial charge in [0.2, 0.25) is 5.95 Å². The van der Waals surface area contributed by atoms with Crippen LogP contribution in [-0.4, -0.2) is 21.1 Å². The Balaban J connectivity index is 2.05. The second kappa shape index (κ2) is 4.53. The minimum absolute atomic E-state index is 0.315. The van der Waals surface area contributed by atoms with Crippen molar-refractivity contribution in [2.45, 2.75) is 27.2 Å². The van der Waals surface area contributed by atoms with Crippen LogP contribution in [-0.2, 0) is 0 Å². The molecule has 0 atom stereocenters. The molecule has 4 nitrogen and oxygen atoms in total. The van der Waals surface area contributed by atoms with E-state index in [1.165, 1.54) is 0 Å². The lowest BCUT2D eigenvalue weighted by Gasteiger charge is -2.17. The monoisotopic (exact) mass is 252 g/mol. The summed E-state index contributed by atoms with van der Waals surface area (Å²) in [5.41, 5.74) is 1.11. The van der Waals surface area contributed by atoms with Crippen LogP contribution in [0.5, 0.6) is 0 Å². The summed E-state index contributed by atoms with van der Waals surface area (Å²) >= 11 is 5.88. The van der Waals surface area contributed by atoms with E-state index >= 15 is 0 Å². The molecular formula is C12H17ClN4. The molecule has 5 heteroatoms. The number of fused-ring (bicyclic) bond motifs is 1. The molecule has 0 amide bonds. The molecule has 17 heavy (non-hydrogen) atoms. The van der Waals surface area contributed by atoms with Gasteiger partial charge in [-0.2, -0.15) is 4.98 Å². The Bertz CT molecular complexity index is 513. The van der Waals surface area contributed by atoms with Crippen molar-refractivity contribution in [3.63, 3.8) is 0 Å². The lowest BCUT2D eigenvalue weighted by atomic mass is 9.92. The Hall–Kier alpha value is -1.29. The lowest BCUT2D eigenvalue weighted by molar-refractivity contribution is 0.389. The number of nitrogens with zero attached hydrogens (tertiary/aromatic N) is 3. The predicted molar refractivity (Wildman–Crippen MR) is 70.6 cm³/mol. The van der Waals surface area contributed by atoms with Gasteiger partial charge in [-0.1, -0.05) is 32.4 Å². The van der Waals surface area contributed by atoms with Crippen LogP contribution in [0.2, 0.25) is 5.02 Å². The minimum Gasteiger partial charge on any atom is -0.353 e. The SMILES string of the molecule is CC(C)(C)CCNc1nc2ccc(Cl)cn2n1. The van der Waals surface area contributed by atoms with Crippen molar-refractivity contribution < 1.29 is 0 Å². The highest BCUT2D eigenvalue weighted by molar-refractivity contribution is 6.30. The summed E-state index contributed by atoms with van der Waals surface area (Å²) in [6.07, 6.45) is 2.82. The standard InChI is InChI=1S/C12H17ClN4/c1-12(2,3)6-7-14-11-15-10-5-4-9(13)8-17(10)16-11/h4-5,8H,6-7H2,1-3H3,(H,14,16). The number of hydrogen-bond donors (Lipinski definition) is 1. The Morgan fingerprint density at radius 1 is 1.35 bits per heavy atom. The second-order valence-corrected chi connectivity index (χ2v) is 5.76. The summed E-state index contributed by atoms with van der Waals surface area (Å²) < 4.78 is 1.68. The second-order valence-electron chi connectivity index (χ2n) is 5.32. The molecule has 1 N–H and O–H groups in total. The molecule has 0 aliphatic heterocycles. The molecule has 0 bridgehead atoms. The summed E-state index contributed by atoms with van der Waals surface area (Å²) in [6, 6.07) is 3.66. The first-order valence-electron chi connectivity index (χ1n) is 5.70. The molecule has 0 spiro atoms. The Labute approximate surface area is 106 Å². The van der Waals surface area contributed by atoms with E-state index in [1.807, 2.05) is 12.1 Å². The third-order valence-electron chi connectivity index (χ3n) is 2.45. The van der Waals surface area contributed by atoms with Gasteiger partial charge in [-0.25, -0.2) is 4.52 Å². The average molecular weight is 253 g/mol. The molecule has 0 aliphatic carbocycles. The smallest absolute Gasteiger partial charge is 0.243 e.